The van der Waals surface area contributed by atoms with Gasteiger partial charge in [0.1, 0.15) is 17.5 Å². The summed E-state index contributed by atoms with van der Waals surface area (Å²) in [6, 6.07) is 20.7. The van der Waals surface area contributed by atoms with Crippen molar-refractivity contribution in [2.75, 3.05) is 7.11 Å². The van der Waals surface area contributed by atoms with Crippen LogP contribution in [0.4, 0.5) is 0 Å². The van der Waals surface area contributed by atoms with Gasteiger partial charge in [-0.2, -0.15) is 0 Å². The van der Waals surface area contributed by atoms with Gasteiger partial charge in [-0.05, 0) is 53.1 Å². The van der Waals surface area contributed by atoms with Gasteiger partial charge in [0.25, 0.3) is 11.8 Å². The average molecular weight is 425 g/mol. The van der Waals surface area contributed by atoms with Crippen LogP contribution in [0, 0.1) is 17.8 Å². The minimum Gasteiger partial charge on any atom is -0.497 e. The van der Waals surface area contributed by atoms with E-state index >= 15 is 0 Å². The van der Waals surface area contributed by atoms with Gasteiger partial charge in [-0.25, -0.2) is 0 Å². The molecule has 32 heavy (non-hydrogen) atoms. The zero-order chi connectivity index (χ0) is 22.7. The van der Waals surface area contributed by atoms with Crippen LogP contribution in [-0.2, 0) is 4.79 Å². The monoisotopic (exact) mass is 424 g/mol. The summed E-state index contributed by atoms with van der Waals surface area (Å²) in [6.07, 6.45) is 1.13. The Labute approximate surface area is 187 Å². The maximum atomic E-state index is 13.1. The highest BCUT2D eigenvalue weighted by Gasteiger charge is 2.32. The van der Waals surface area contributed by atoms with Gasteiger partial charge in [-0.1, -0.05) is 56.0 Å². The lowest BCUT2D eigenvalue weighted by Crippen LogP contribution is -2.54. The number of carbonyl (C=O) groups is 2. The number of ether oxygens (including phenoxy) is 1. The molecule has 0 aliphatic carbocycles. The second-order valence-electron chi connectivity index (χ2n) is 7.96. The van der Waals surface area contributed by atoms with E-state index < -0.39 is 6.17 Å². The highest BCUT2D eigenvalue weighted by Crippen LogP contribution is 2.22. The van der Waals surface area contributed by atoms with Crippen LogP contribution >= 0.6 is 0 Å². The minimum atomic E-state index is -0.434. The van der Waals surface area contributed by atoms with E-state index in [9.17, 15) is 9.59 Å². The summed E-state index contributed by atoms with van der Waals surface area (Å²) < 4.78 is 5.27. The maximum Gasteiger partial charge on any atom is 0.262 e. The first-order valence-electron chi connectivity index (χ1n) is 10.5. The molecule has 160 valence electrons. The molecule has 1 aliphatic heterocycles. The smallest absolute Gasteiger partial charge is 0.262 e. The van der Waals surface area contributed by atoms with Crippen LogP contribution < -0.4 is 10.1 Å². The SMILES string of the molecule is COc1ccc2cc(C#CC3=CN(C(=O)c4ccccc4)[C@@H](C(C)C)NC3=O)ccc2c1. The molecule has 1 atom stereocenters. The quantitative estimate of drug-likeness (QED) is 0.637. The molecule has 0 spiro atoms. The zero-order valence-electron chi connectivity index (χ0n) is 18.3. The topological polar surface area (TPSA) is 58.6 Å². The molecule has 0 bridgehead atoms. The fraction of sp³-hybridized carbons (Fsp3) is 0.185. The lowest BCUT2D eigenvalue weighted by atomic mass is 10.0. The van der Waals surface area contributed by atoms with Crippen molar-refractivity contribution in [1.29, 1.82) is 0 Å². The van der Waals surface area contributed by atoms with Crippen molar-refractivity contribution in [1.82, 2.24) is 10.2 Å². The van der Waals surface area contributed by atoms with E-state index in [2.05, 4.69) is 17.2 Å². The van der Waals surface area contributed by atoms with Crippen molar-refractivity contribution in [2.45, 2.75) is 20.0 Å². The lowest BCUT2D eigenvalue weighted by molar-refractivity contribution is -0.119. The molecule has 1 heterocycles. The first-order chi connectivity index (χ1) is 15.5. The summed E-state index contributed by atoms with van der Waals surface area (Å²) >= 11 is 0. The molecule has 0 saturated heterocycles. The molecule has 1 N–H and O–H groups in total. The Balaban J connectivity index is 1.67. The number of nitrogens with zero attached hydrogens (tertiary/aromatic N) is 1. The Bertz CT molecular complexity index is 1270. The van der Waals surface area contributed by atoms with Gasteiger partial charge in [-0.3, -0.25) is 14.5 Å². The number of carbonyl (C=O) groups excluding carboxylic acids is 2. The van der Waals surface area contributed by atoms with Crippen molar-refractivity contribution in [3.05, 3.63) is 89.6 Å². The number of amides is 2. The second kappa shape index (κ2) is 8.99. The van der Waals surface area contributed by atoms with Crippen LogP contribution in [0.3, 0.4) is 0 Å². The van der Waals surface area contributed by atoms with Gasteiger partial charge in [0.05, 0.1) is 7.11 Å². The van der Waals surface area contributed by atoms with E-state index in [0.717, 1.165) is 22.1 Å². The Morgan fingerprint density at radius 1 is 1.00 bits per heavy atom. The number of rotatable bonds is 3. The van der Waals surface area contributed by atoms with Gasteiger partial charge >= 0.3 is 0 Å². The molecule has 3 aromatic carbocycles. The van der Waals surface area contributed by atoms with E-state index in [-0.39, 0.29) is 23.3 Å². The average Bonchev–Trinajstić information content (AvgIpc) is 2.82. The normalized spacial score (nSPS) is 15.6. The molecule has 0 aromatic heterocycles. The highest BCUT2D eigenvalue weighted by molar-refractivity contribution is 6.02. The Morgan fingerprint density at radius 3 is 2.44 bits per heavy atom. The molecule has 0 saturated carbocycles. The first kappa shape index (κ1) is 21.2. The van der Waals surface area contributed by atoms with E-state index in [1.165, 1.54) is 0 Å². The minimum absolute atomic E-state index is 0.0369. The standard InChI is InChI=1S/C27H24N2O3/c1-18(2)25-28-26(30)23(17-29(25)27(31)20-7-5-4-6-8-20)12-10-19-9-11-22-16-24(32-3)14-13-21(22)15-19/h4-9,11,13-18,25H,1-3H3,(H,28,30)/t25-/m0/s1. The largest absolute Gasteiger partial charge is 0.497 e. The van der Waals surface area contributed by atoms with Gasteiger partial charge < -0.3 is 10.1 Å². The van der Waals surface area contributed by atoms with Crippen LogP contribution in [0.5, 0.6) is 5.75 Å². The third-order valence-corrected chi connectivity index (χ3v) is 5.37. The molecule has 0 fully saturated rings. The van der Waals surface area contributed by atoms with Crippen LogP contribution in [0.2, 0.25) is 0 Å². The molecule has 5 heteroatoms. The molecule has 5 nitrogen and oxygen atoms in total. The van der Waals surface area contributed by atoms with Crippen LogP contribution in [0.25, 0.3) is 10.8 Å². The van der Waals surface area contributed by atoms with E-state index in [4.69, 9.17) is 4.74 Å². The van der Waals surface area contributed by atoms with Gasteiger partial charge in [0.2, 0.25) is 0 Å². The fourth-order valence-corrected chi connectivity index (χ4v) is 3.62. The third kappa shape index (κ3) is 4.35. The summed E-state index contributed by atoms with van der Waals surface area (Å²) in [5, 5.41) is 5.00. The summed E-state index contributed by atoms with van der Waals surface area (Å²) in [5.41, 5.74) is 1.59. The molecular formula is C27H24N2O3. The summed E-state index contributed by atoms with van der Waals surface area (Å²) in [6.45, 7) is 3.93. The molecule has 2 amide bonds. The zero-order valence-corrected chi connectivity index (χ0v) is 18.3. The summed E-state index contributed by atoms with van der Waals surface area (Å²) in [7, 11) is 1.64. The van der Waals surface area contributed by atoms with E-state index in [1.54, 1.807) is 30.3 Å². The molecular weight excluding hydrogens is 400 g/mol. The van der Waals surface area contributed by atoms with Crippen LogP contribution in [0.15, 0.2) is 78.5 Å². The number of hydrogen-bond acceptors (Lipinski definition) is 3. The van der Waals surface area contributed by atoms with Crippen LogP contribution in [0.1, 0.15) is 29.8 Å². The number of methoxy groups -OCH3 is 1. The summed E-state index contributed by atoms with van der Waals surface area (Å²) in [4.78, 5) is 27.4. The predicted molar refractivity (Wildman–Crippen MR) is 125 cm³/mol. The number of hydrogen-bond donors (Lipinski definition) is 1. The van der Waals surface area contributed by atoms with Crippen molar-refractivity contribution in [2.24, 2.45) is 5.92 Å². The van der Waals surface area contributed by atoms with Gasteiger partial charge in [0.15, 0.2) is 0 Å². The molecule has 0 radical (unpaired) electrons. The number of nitrogens with one attached hydrogen (secondary N) is 1. The van der Waals surface area contributed by atoms with Crippen molar-refractivity contribution in [3.63, 3.8) is 0 Å². The van der Waals surface area contributed by atoms with Crippen LogP contribution in [-0.4, -0.2) is 30.0 Å². The fourth-order valence-electron chi connectivity index (χ4n) is 3.62. The molecule has 0 unspecified atom stereocenters. The summed E-state index contributed by atoms with van der Waals surface area (Å²) in [5.74, 6) is 6.39. The second-order valence-corrected chi connectivity index (χ2v) is 7.96. The number of benzene rings is 3. The van der Waals surface area contributed by atoms with Gasteiger partial charge in [0, 0.05) is 17.3 Å². The number of fused-ring (bicyclic) bond motifs is 1. The third-order valence-electron chi connectivity index (χ3n) is 5.37. The molecule has 3 aromatic rings. The molecule has 4 rings (SSSR count). The molecule has 1 aliphatic rings. The van der Waals surface area contributed by atoms with Gasteiger partial charge in [-0.15, -0.1) is 0 Å². The van der Waals surface area contributed by atoms with E-state index in [1.807, 2.05) is 68.4 Å². The Hall–Kier alpha value is -4.04. The van der Waals surface area contributed by atoms with Crippen molar-refractivity contribution >= 4 is 22.6 Å². The highest BCUT2D eigenvalue weighted by atomic mass is 16.5. The Morgan fingerprint density at radius 2 is 1.72 bits per heavy atom. The Kier molecular flexibility index (Phi) is 5.96. The van der Waals surface area contributed by atoms with Crippen molar-refractivity contribution in [3.8, 4) is 17.6 Å². The van der Waals surface area contributed by atoms with Crippen molar-refractivity contribution < 1.29 is 14.3 Å². The lowest BCUT2D eigenvalue weighted by Gasteiger charge is -2.35. The predicted octanol–water partition coefficient (Wildman–Crippen LogP) is 4.34. The maximum absolute atomic E-state index is 13.1. The van der Waals surface area contributed by atoms with E-state index in [0.29, 0.717) is 5.56 Å². The first-order valence-corrected chi connectivity index (χ1v) is 10.5.